The highest BCUT2D eigenvalue weighted by molar-refractivity contribution is 5.41. The predicted molar refractivity (Wildman–Crippen MR) is 63.9 cm³/mol. The first kappa shape index (κ1) is 12.2. The summed E-state index contributed by atoms with van der Waals surface area (Å²) in [7, 11) is 0. The lowest BCUT2D eigenvalue weighted by Gasteiger charge is -2.29. The van der Waals surface area contributed by atoms with Gasteiger partial charge in [-0.05, 0) is 43.9 Å². The van der Waals surface area contributed by atoms with Gasteiger partial charge in [0.15, 0.2) is 0 Å². The van der Waals surface area contributed by atoms with Crippen molar-refractivity contribution >= 4 is 0 Å². The van der Waals surface area contributed by atoms with Crippen molar-refractivity contribution in [1.29, 1.82) is 0 Å². The lowest BCUT2D eigenvalue weighted by Crippen LogP contribution is -2.35. The molecule has 0 saturated heterocycles. The Kier molecular flexibility index (Phi) is 3.53. The first-order valence-corrected chi connectivity index (χ1v) is 5.45. The Balaban J connectivity index is 3.36. The molecule has 2 heteroatoms. The SMILES string of the molecule is CCC(O)(CN)c1c(C)cc(C)cc1C. The fourth-order valence-electron chi connectivity index (χ4n) is 2.34. The molecule has 0 radical (unpaired) electrons. The topological polar surface area (TPSA) is 46.2 Å². The van der Waals surface area contributed by atoms with Crippen molar-refractivity contribution in [3.8, 4) is 0 Å². The molecule has 0 saturated carbocycles. The fraction of sp³-hybridized carbons (Fsp3) is 0.538. The summed E-state index contributed by atoms with van der Waals surface area (Å²) in [5.74, 6) is 0. The van der Waals surface area contributed by atoms with Gasteiger partial charge in [-0.1, -0.05) is 24.6 Å². The number of aryl methyl sites for hydroxylation is 3. The highest BCUT2D eigenvalue weighted by atomic mass is 16.3. The van der Waals surface area contributed by atoms with Crippen LogP contribution in [0.1, 0.15) is 35.6 Å². The van der Waals surface area contributed by atoms with Crippen LogP contribution < -0.4 is 5.73 Å². The Bertz CT molecular complexity index is 331. The van der Waals surface area contributed by atoms with Crippen LogP contribution in [0, 0.1) is 20.8 Å². The van der Waals surface area contributed by atoms with Gasteiger partial charge >= 0.3 is 0 Å². The molecule has 3 N–H and O–H groups in total. The average Bonchev–Trinajstić information content (AvgIpc) is 2.15. The summed E-state index contributed by atoms with van der Waals surface area (Å²) in [4.78, 5) is 0. The lowest BCUT2D eigenvalue weighted by molar-refractivity contribution is 0.0406. The zero-order valence-corrected chi connectivity index (χ0v) is 10.1. The molecule has 0 heterocycles. The monoisotopic (exact) mass is 207 g/mol. The molecular weight excluding hydrogens is 186 g/mol. The number of rotatable bonds is 3. The second kappa shape index (κ2) is 4.33. The van der Waals surface area contributed by atoms with E-state index in [1.807, 2.05) is 20.8 Å². The largest absolute Gasteiger partial charge is 0.384 e. The summed E-state index contributed by atoms with van der Waals surface area (Å²) >= 11 is 0. The maximum absolute atomic E-state index is 10.4. The van der Waals surface area contributed by atoms with E-state index in [2.05, 4.69) is 19.1 Å². The van der Waals surface area contributed by atoms with Gasteiger partial charge in [-0.2, -0.15) is 0 Å². The van der Waals surface area contributed by atoms with E-state index in [-0.39, 0.29) is 6.54 Å². The summed E-state index contributed by atoms with van der Waals surface area (Å²) in [6, 6.07) is 4.19. The van der Waals surface area contributed by atoms with Crippen LogP contribution in [0.3, 0.4) is 0 Å². The predicted octanol–water partition coefficient (Wildman–Crippen LogP) is 2.17. The molecule has 0 aliphatic heterocycles. The van der Waals surface area contributed by atoms with E-state index >= 15 is 0 Å². The molecule has 1 unspecified atom stereocenters. The molecule has 2 nitrogen and oxygen atoms in total. The van der Waals surface area contributed by atoms with Crippen molar-refractivity contribution in [2.45, 2.75) is 39.7 Å². The van der Waals surface area contributed by atoms with Gasteiger partial charge in [0.2, 0.25) is 0 Å². The minimum absolute atomic E-state index is 0.272. The van der Waals surface area contributed by atoms with Crippen LogP contribution in [0.4, 0.5) is 0 Å². The van der Waals surface area contributed by atoms with Crippen LogP contribution in [-0.2, 0) is 5.60 Å². The summed E-state index contributed by atoms with van der Waals surface area (Å²) < 4.78 is 0. The summed E-state index contributed by atoms with van der Waals surface area (Å²) in [5, 5.41) is 10.4. The Morgan fingerprint density at radius 3 is 2.00 bits per heavy atom. The number of nitrogens with two attached hydrogens (primary N) is 1. The van der Waals surface area contributed by atoms with E-state index in [0.29, 0.717) is 6.42 Å². The van der Waals surface area contributed by atoms with Crippen molar-refractivity contribution in [2.24, 2.45) is 5.73 Å². The number of hydrogen-bond acceptors (Lipinski definition) is 2. The molecule has 84 valence electrons. The van der Waals surface area contributed by atoms with Crippen LogP contribution in [0.15, 0.2) is 12.1 Å². The highest BCUT2D eigenvalue weighted by Gasteiger charge is 2.28. The molecule has 15 heavy (non-hydrogen) atoms. The first-order valence-electron chi connectivity index (χ1n) is 5.45. The van der Waals surface area contributed by atoms with Gasteiger partial charge in [-0.3, -0.25) is 0 Å². The molecule has 0 aliphatic carbocycles. The van der Waals surface area contributed by atoms with E-state index in [4.69, 9.17) is 5.73 Å². The van der Waals surface area contributed by atoms with Gasteiger partial charge in [0, 0.05) is 6.54 Å². The van der Waals surface area contributed by atoms with E-state index in [0.717, 1.165) is 16.7 Å². The van der Waals surface area contributed by atoms with E-state index in [9.17, 15) is 5.11 Å². The molecule has 0 fully saturated rings. The maximum atomic E-state index is 10.4. The number of aliphatic hydroxyl groups is 1. The van der Waals surface area contributed by atoms with Crippen LogP contribution in [0.2, 0.25) is 0 Å². The van der Waals surface area contributed by atoms with Gasteiger partial charge in [0.1, 0.15) is 5.60 Å². The third-order valence-electron chi connectivity index (χ3n) is 3.06. The van der Waals surface area contributed by atoms with Gasteiger partial charge in [-0.25, -0.2) is 0 Å². The van der Waals surface area contributed by atoms with Crippen molar-refractivity contribution < 1.29 is 5.11 Å². The fourth-order valence-corrected chi connectivity index (χ4v) is 2.34. The Labute approximate surface area is 92.1 Å². The molecule has 0 aromatic heterocycles. The zero-order chi connectivity index (χ0) is 11.6. The average molecular weight is 207 g/mol. The summed E-state index contributed by atoms with van der Waals surface area (Å²) in [6.45, 7) is 8.37. The minimum Gasteiger partial charge on any atom is -0.384 e. The van der Waals surface area contributed by atoms with Crippen molar-refractivity contribution in [2.75, 3.05) is 6.54 Å². The molecule has 0 bridgehead atoms. The lowest BCUT2D eigenvalue weighted by atomic mass is 9.84. The van der Waals surface area contributed by atoms with E-state index in [1.54, 1.807) is 0 Å². The maximum Gasteiger partial charge on any atom is 0.102 e. The Hall–Kier alpha value is -0.860. The molecule has 1 rings (SSSR count). The second-order valence-corrected chi connectivity index (χ2v) is 4.36. The third-order valence-corrected chi connectivity index (χ3v) is 3.06. The zero-order valence-electron chi connectivity index (χ0n) is 10.1. The van der Waals surface area contributed by atoms with Crippen molar-refractivity contribution in [3.63, 3.8) is 0 Å². The summed E-state index contributed by atoms with van der Waals surface area (Å²) in [6.07, 6.45) is 0.647. The standard InChI is InChI=1S/C13H21NO/c1-5-13(15,8-14)12-10(3)6-9(2)7-11(12)4/h6-7,15H,5,8,14H2,1-4H3. The van der Waals surface area contributed by atoms with Gasteiger partial charge < -0.3 is 10.8 Å². The normalized spacial score (nSPS) is 15.1. The molecule has 0 amide bonds. The van der Waals surface area contributed by atoms with Crippen LogP contribution in [0.25, 0.3) is 0 Å². The van der Waals surface area contributed by atoms with E-state index < -0.39 is 5.60 Å². The number of benzene rings is 1. The quantitative estimate of drug-likeness (QED) is 0.798. The summed E-state index contributed by atoms with van der Waals surface area (Å²) in [5.41, 5.74) is 9.28. The third kappa shape index (κ3) is 2.21. The van der Waals surface area contributed by atoms with Crippen LogP contribution in [-0.4, -0.2) is 11.7 Å². The molecule has 1 aromatic carbocycles. The highest BCUT2D eigenvalue weighted by Crippen LogP contribution is 2.30. The van der Waals surface area contributed by atoms with Crippen molar-refractivity contribution in [1.82, 2.24) is 0 Å². The van der Waals surface area contributed by atoms with Crippen molar-refractivity contribution in [3.05, 3.63) is 34.4 Å². The van der Waals surface area contributed by atoms with E-state index in [1.165, 1.54) is 5.56 Å². The van der Waals surface area contributed by atoms with Gasteiger partial charge in [0.25, 0.3) is 0 Å². The Morgan fingerprint density at radius 2 is 1.67 bits per heavy atom. The van der Waals surface area contributed by atoms with Gasteiger partial charge in [0.05, 0.1) is 0 Å². The second-order valence-electron chi connectivity index (χ2n) is 4.36. The number of hydrogen-bond donors (Lipinski definition) is 2. The van der Waals surface area contributed by atoms with Gasteiger partial charge in [-0.15, -0.1) is 0 Å². The molecular formula is C13H21NO. The minimum atomic E-state index is -0.873. The molecule has 1 aromatic rings. The molecule has 0 aliphatic rings. The van der Waals surface area contributed by atoms with Crippen LogP contribution >= 0.6 is 0 Å². The van der Waals surface area contributed by atoms with Crippen LogP contribution in [0.5, 0.6) is 0 Å². The first-order chi connectivity index (χ1) is 6.94. The molecule has 0 spiro atoms. The Morgan fingerprint density at radius 1 is 1.20 bits per heavy atom. The molecule has 1 atom stereocenters. The smallest absolute Gasteiger partial charge is 0.102 e.